The SMILES string of the molecule is CCC(CC)(NC(=O)c1ccc2ccc3cccc4ccc1c2c34)C(=O)NC1CC(C)(C)N([O])C(C)(C)C1. The lowest BCUT2D eigenvalue weighted by Crippen LogP contribution is -2.65. The molecule has 0 spiro atoms. The first-order chi connectivity index (χ1) is 17.9. The summed E-state index contributed by atoms with van der Waals surface area (Å²) in [6.07, 6.45) is 2.02. The van der Waals surface area contributed by atoms with Gasteiger partial charge in [-0.25, -0.2) is 0 Å². The van der Waals surface area contributed by atoms with Gasteiger partial charge in [0.05, 0.1) is 0 Å². The van der Waals surface area contributed by atoms with E-state index in [9.17, 15) is 14.8 Å². The maximum Gasteiger partial charge on any atom is 0.252 e. The molecule has 0 aliphatic carbocycles. The molecule has 1 aliphatic rings. The monoisotopic (exact) mass is 512 g/mol. The first kappa shape index (κ1) is 26.4. The Bertz CT molecular complexity index is 1490. The van der Waals surface area contributed by atoms with Crippen molar-refractivity contribution >= 4 is 44.1 Å². The summed E-state index contributed by atoms with van der Waals surface area (Å²) in [7, 11) is 0. The Hall–Kier alpha value is -3.22. The summed E-state index contributed by atoms with van der Waals surface area (Å²) in [6, 6.07) is 18.2. The Balaban J connectivity index is 1.46. The van der Waals surface area contributed by atoms with E-state index in [2.05, 4.69) is 41.0 Å². The van der Waals surface area contributed by atoms with Crippen LogP contribution in [0.1, 0.15) is 77.6 Å². The van der Waals surface area contributed by atoms with Crippen LogP contribution in [0.25, 0.3) is 32.3 Å². The zero-order valence-electron chi connectivity index (χ0n) is 23.3. The number of piperidine rings is 1. The molecule has 1 heterocycles. The number of hydrogen-bond donors (Lipinski definition) is 2. The van der Waals surface area contributed by atoms with Crippen LogP contribution in [0.2, 0.25) is 0 Å². The summed E-state index contributed by atoms with van der Waals surface area (Å²) >= 11 is 0. The highest BCUT2D eigenvalue weighted by Gasteiger charge is 2.48. The summed E-state index contributed by atoms with van der Waals surface area (Å²) in [4.78, 5) is 27.6. The second kappa shape index (κ2) is 9.21. The summed E-state index contributed by atoms with van der Waals surface area (Å²) in [5, 5.41) is 26.8. The molecule has 1 aliphatic heterocycles. The molecule has 0 saturated carbocycles. The Morgan fingerprint density at radius 2 is 1.37 bits per heavy atom. The van der Waals surface area contributed by atoms with Gasteiger partial charge in [0.1, 0.15) is 5.54 Å². The summed E-state index contributed by atoms with van der Waals surface area (Å²) < 4.78 is 0. The van der Waals surface area contributed by atoms with Gasteiger partial charge in [0, 0.05) is 22.7 Å². The van der Waals surface area contributed by atoms with E-state index in [1.165, 1.54) is 0 Å². The summed E-state index contributed by atoms with van der Waals surface area (Å²) in [6.45, 7) is 11.5. The maximum absolute atomic E-state index is 13.8. The van der Waals surface area contributed by atoms with Gasteiger partial charge < -0.3 is 10.6 Å². The molecule has 0 atom stereocenters. The van der Waals surface area contributed by atoms with Crippen LogP contribution in [0.3, 0.4) is 0 Å². The molecule has 2 N–H and O–H groups in total. The fraction of sp³-hybridized carbons (Fsp3) is 0.438. The Labute approximate surface area is 224 Å². The molecule has 2 amide bonds. The Kier molecular flexibility index (Phi) is 6.40. The fourth-order valence-corrected chi connectivity index (χ4v) is 6.71. The quantitative estimate of drug-likeness (QED) is 0.295. The smallest absolute Gasteiger partial charge is 0.252 e. The Morgan fingerprint density at radius 1 is 0.842 bits per heavy atom. The summed E-state index contributed by atoms with van der Waals surface area (Å²) in [5.74, 6) is -0.443. The minimum absolute atomic E-state index is 0.151. The van der Waals surface area contributed by atoms with Crippen LogP contribution in [-0.2, 0) is 10.0 Å². The second-order valence-electron chi connectivity index (χ2n) is 12.2. The number of rotatable bonds is 6. The number of hydrogen-bond acceptors (Lipinski definition) is 3. The van der Waals surface area contributed by atoms with Crippen molar-refractivity contribution in [2.75, 3.05) is 0 Å². The van der Waals surface area contributed by atoms with Gasteiger partial charge in [-0.15, -0.1) is 10.3 Å². The standard InChI is InChI=1S/C32H38N3O3/c1-7-32(8-2,29(37)33-23-18-30(3,4)35(38)31(5,6)19-23)34-28(36)25-17-15-22-13-12-20-10-9-11-21-14-16-24(25)27(22)26(20)21/h9-17,23H,7-8,18-19H2,1-6H3,(H,33,37)(H,34,36). The van der Waals surface area contributed by atoms with Crippen molar-refractivity contribution < 1.29 is 14.8 Å². The molecule has 0 aromatic heterocycles. The van der Waals surface area contributed by atoms with Crippen molar-refractivity contribution in [2.45, 2.75) is 89.9 Å². The van der Waals surface area contributed by atoms with Gasteiger partial charge in [-0.1, -0.05) is 62.4 Å². The third-order valence-corrected chi connectivity index (χ3v) is 8.69. The lowest BCUT2D eigenvalue weighted by molar-refractivity contribution is -0.290. The van der Waals surface area contributed by atoms with Crippen molar-refractivity contribution in [1.29, 1.82) is 0 Å². The fourth-order valence-electron chi connectivity index (χ4n) is 6.71. The lowest BCUT2D eigenvalue weighted by atomic mass is 9.78. The predicted octanol–water partition coefficient (Wildman–Crippen LogP) is 6.36. The number of benzene rings is 4. The molecule has 4 aromatic carbocycles. The van der Waals surface area contributed by atoms with Gasteiger partial charge in [-0.05, 0) is 91.8 Å². The van der Waals surface area contributed by atoms with Crippen LogP contribution < -0.4 is 10.6 Å². The lowest BCUT2D eigenvalue weighted by Gasteiger charge is -2.50. The van der Waals surface area contributed by atoms with Gasteiger partial charge >= 0.3 is 0 Å². The van der Waals surface area contributed by atoms with Gasteiger partial charge in [0.2, 0.25) is 5.91 Å². The van der Waals surface area contributed by atoms with E-state index in [1.54, 1.807) is 0 Å². The van der Waals surface area contributed by atoms with Crippen molar-refractivity contribution in [3.8, 4) is 0 Å². The van der Waals surface area contributed by atoms with E-state index < -0.39 is 16.6 Å². The Morgan fingerprint density at radius 3 is 1.95 bits per heavy atom. The van der Waals surface area contributed by atoms with Gasteiger partial charge in [0.25, 0.3) is 5.91 Å². The van der Waals surface area contributed by atoms with E-state index >= 15 is 0 Å². The molecule has 6 heteroatoms. The van der Waals surface area contributed by atoms with Crippen LogP contribution in [0.4, 0.5) is 0 Å². The largest absolute Gasteiger partial charge is 0.351 e. The highest BCUT2D eigenvalue weighted by atomic mass is 16.5. The molecular formula is C32H38N3O3. The van der Waals surface area contributed by atoms with E-state index in [0.717, 1.165) is 37.4 Å². The number of nitrogens with one attached hydrogen (secondary N) is 2. The van der Waals surface area contributed by atoms with E-state index in [1.807, 2.05) is 65.8 Å². The number of carbonyl (C=O) groups is 2. The minimum atomic E-state index is -1.05. The minimum Gasteiger partial charge on any atom is -0.351 e. The van der Waals surface area contributed by atoms with Crippen LogP contribution in [0.5, 0.6) is 0 Å². The maximum atomic E-state index is 13.8. The van der Waals surface area contributed by atoms with Gasteiger partial charge in [0.15, 0.2) is 0 Å². The summed E-state index contributed by atoms with van der Waals surface area (Å²) in [5.41, 5.74) is -1.67. The van der Waals surface area contributed by atoms with Crippen LogP contribution in [-0.4, -0.2) is 39.5 Å². The average molecular weight is 513 g/mol. The van der Waals surface area contributed by atoms with E-state index in [-0.39, 0.29) is 17.9 Å². The van der Waals surface area contributed by atoms with Crippen LogP contribution >= 0.6 is 0 Å². The molecule has 199 valence electrons. The van der Waals surface area contributed by atoms with Gasteiger partial charge in [-0.3, -0.25) is 9.59 Å². The molecule has 0 unspecified atom stereocenters. The zero-order valence-corrected chi connectivity index (χ0v) is 23.3. The average Bonchev–Trinajstić information content (AvgIpc) is 2.88. The normalized spacial score (nSPS) is 18.3. The number of amides is 2. The molecule has 6 nitrogen and oxygen atoms in total. The molecule has 4 aromatic rings. The van der Waals surface area contributed by atoms with Crippen molar-refractivity contribution in [3.05, 3.63) is 60.2 Å². The molecule has 1 fully saturated rings. The third-order valence-electron chi connectivity index (χ3n) is 8.69. The zero-order chi connectivity index (χ0) is 27.5. The first-order valence-corrected chi connectivity index (χ1v) is 13.7. The van der Waals surface area contributed by atoms with E-state index in [0.29, 0.717) is 31.2 Å². The molecule has 1 saturated heterocycles. The first-order valence-electron chi connectivity index (χ1n) is 13.7. The molecule has 0 bridgehead atoms. The third kappa shape index (κ3) is 4.20. The molecule has 1 radical (unpaired) electrons. The van der Waals surface area contributed by atoms with E-state index in [4.69, 9.17) is 0 Å². The highest BCUT2D eigenvalue weighted by molar-refractivity contribution is 6.26. The number of hydroxylamine groups is 2. The molecular weight excluding hydrogens is 474 g/mol. The predicted molar refractivity (Wildman–Crippen MR) is 153 cm³/mol. The number of carbonyl (C=O) groups excluding carboxylic acids is 2. The van der Waals surface area contributed by atoms with Crippen molar-refractivity contribution in [2.24, 2.45) is 0 Å². The molecule has 38 heavy (non-hydrogen) atoms. The highest BCUT2D eigenvalue weighted by Crippen LogP contribution is 2.38. The van der Waals surface area contributed by atoms with Crippen molar-refractivity contribution in [1.82, 2.24) is 15.7 Å². The molecule has 5 rings (SSSR count). The van der Waals surface area contributed by atoms with Gasteiger partial charge in [-0.2, -0.15) is 0 Å². The van der Waals surface area contributed by atoms with Crippen LogP contribution in [0, 0.1) is 0 Å². The number of nitrogens with zero attached hydrogens (tertiary/aromatic N) is 1. The van der Waals surface area contributed by atoms with Crippen molar-refractivity contribution in [3.63, 3.8) is 0 Å². The second-order valence-corrected chi connectivity index (χ2v) is 12.2. The van der Waals surface area contributed by atoms with Crippen LogP contribution in [0.15, 0.2) is 54.6 Å². The topological polar surface area (TPSA) is 81.3 Å².